The molecule has 0 atom stereocenters. The average Bonchev–Trinajstić information content (AvgIpc) is 2.36. The number of aromatic nitrogens is 1. The summed E-state index contributed by atoms with van der Waals surface area (Å²) in [4.78, 5) is 6.61. The van der Waals surface area contributed by atoms with Crippen LogP contribution in [0.25, 0.3) is 0 Å². The maximum atomic E-state index is 5.96. The predicted octanol–water partition coefficient (Wildman–Crippen LogP) is 2.22. The molecule has 0 spiro atoms. The molecule has 0 aliphatic carbocycles. The van der Waals surface area contributed by atoms with Gasteiger partial charge < -0.3 is 9.47 Å². The summed E-state index contributed by atoms with van der Waals surface area (Å²) < 4.78 is 10.2. The van der Waals surface area contributed by atoms with Gasteiger partial charge in [-0.1, -0.05) is 11.6 Å². The van der Waals surface area contributed by atoms with Crippen LogP contribution < -0.4 is 0 Å². The summed E-state index contributed by atoms with van der Waals surface area (Å²) in [5.41, 5.74) is 0.982. The Bertz CT molecular complexity index is 337. The second-order valence-electron chi connectivity index (χ2n) is 4.08. The maximum Gasteiger partial charge on any atom is 0.0589 e. The summed E-state index contributed by atoms with van der Waals surface area (Å²) in [6.45, 7) is 4.12. The molecule has 4 nitrogen and oxygen atoms in total. The number of methoxy groups -OCH3 is 2. The zero-order valence-electron chi connectivity index (χ0n) is 11.1. The Kier molecular flexibility index (Phi) is 7.93. The van der Waals surface area contributed by atoms with E-state index >= 15 is 0 Å². The molecule has 0 amide bonds. The normalized spacial score (nSPS) is 11.1. The number of hydrogen-bond donors (Lipinski definition) is 0. The molecule has 0 saturated heterocycles. The Morgan fingerprint density at radius 1 is 1.22 bits per heavy atom. The lowest BCUT2D eigenvalue weighted by Gasteiger charge is -2.21. The van der Waals surface area contributed by atoms with Crippen LogP contribution in [-0.4, -0.2) is 50.4 Å². The fourth-order valence-corrected chi connectivity index (χ4v) is 1.87. The van der Waals surface area contributed by atoms with Crippen molar-refractivity contribution in [2.75, 3.05) is 40.5 Å². The van der Waals surface area contributed by atoms with Crippen molar-refractivity contribution >= 4 is 11.6 Å². The number of pyridine rings is 1. The van der Waals surface area contributed by atoms with E-state index in [-0.39, 0.29) is 0 Å². The van der Waals surface area contributed by atoms with Crippen LogP contribution >= 0.6 is 11.6 Å². The second-order valence-corrected chi connectivity index (χ2v) is 4.52. The average molecular weight is 273 g/mol. The van der Waals surface area contributed by atoms with Gasteiger partial charge in [0.15, 0.2) is 0 Å². The molecule has 1 heterocycles. The van der Waals surface area contributed by atoms with Gasteiger partial charge in [-0.2, -0.15) is 0 Å². The Labute approximate surface area is 114 Å². The van der Waals surface area contributed by atoms with Crippen molar-refractivity contribution in [2.45, 2.75) is 13.0 Å². The van der Waals surface area contributed by atoms with Gasteiger partial charge >= 0.3 is 0 Å². The topological polar surface area (TPSA) is 34.6 Å². The zero-order chi connectivity index (χ0) is 13.2. The Balaban J connectivity index is 2.48. The third-order valence-corrected chi connectivity index (χ3v) is 2.83. The molecule has 0 aliphatic rings. The first-order chi connectivity index (χ1) is 8.76. The first kappa shape index (κ1) is 15.4. The van der Waals surface area contributed by atoms with Crippen LogP contribution in [0.15, 0.2) is 18.3 Å². The summed E-state index contributed by atoms with van der Waals surface area (Å²) in [5, 5.41) is 0.726. The molecule has 0 saturated carbocycles. The first-order valence-corrected chi connectivity index (χ1v) is 6.44. The quantitative estimate of drug-likeness (QED) is 0.646. The first-order valence-electron chi connectivity index (χ1n) is 6.07. The molecule has 18 heavy (non-hydrogen) atoms. The monoisotopic (exact) mass is 272 g/mol. The fraction of sp³-hybridized carbons (Fsp3) is 0.615. The predicted molar refractivity (Wildman–Crippen MR) is 72.9 cm³/mol. The van der Waals surface area contributed by atoms with Gasteiger partial charge in [0.05, 0.1) is 12.3 Å². The van der Waals surface area contributed by atoms with Crippen molar-refractivity contribution in [1.82, 2.24) is 9.88 Å². The molecular weight excluding hydrogens is 252 g/mol. The minimum atomic E-state index is 0.716. The van der Waals surface area contributed by atoms with Crippen molar-refractivity contribution in [3.63, 3.8) is 0 Å². The van der Waals surface area contributed by atoms with Gasteiger partial charge in [0.25, 0.3) is 0 Å². The van der Waals surface area contributed by atoms with E-state index in [9.17, 15) is 0 Å². The fourth-order valence-electron chi connectivity index (χ4n) is 1.69. The van der Waals surface area contributed by atoms with E-state index in [1.807, 2.05) is 6.07 Å². The number of nitrogens with zero attached hydrogens (tertiary/aromatic N) is 2. The third kappa shape index (κ3) is 6.31. The molecule has 0 aliphatic heterocycles. The molecule has 0 N–H and O–H groups in total. The highest BCUT2D eigenvalue weighted by atomic mass is 35.5. The van der Waals surface area contributed by atoms with E-state index < -0.39 is 0 Å². The third-order valence-electron chi connectivity index (χ3n) is 2.60. The molecule has 0 radical (unpaired) electrons. The lowest BCUT2D eigenvalue weighted by molar-refractivity contribution is 0.128. The molecular formula is C13H21ClN2O2. The summed E-state index contributed by atoms with van der Waals surface area (Å²) in [6.07, 6.45) is 2.74. The summed E-state index contributed by atoms with van der Waals surface area (Å²) in [6, 6.07) is 3.69. The van der Waals surface area contributed by atoms with Crippen LogP contribution in [0.1, 0.15) is 12.1 Å². The summed E-state index contributed by atoms with van der Waals surface area (Å²) in [5.74, 6) is 0. The van der Waals surface area contributed by atoms with Crippen LogP contribution in [0.5, 0.6) is 0 Å². The molecule has 5 heteroatoms. The zero-order valence-corrected chi connectivity index (χ0v) is 11.8. The van der Waals surface area contributed by atoms with Crippen LogP contribution in [0, 0.1) is 0 Å². The number of rotatable bonds is 9. The van der Waals surface area contributed by atoms with Crippen molar-refractivity contribution in [2.24, 2.45) is 0 Å². The van der Waals surface area contributed by atoms with Gasteiger partial charge in [0.1, 0.15) is 0 Å². The van der Waals surface area contributed by atoms with Crippen molar-refractivity contribution in [3.8, 4) is 0 Å². The van der Waals surface area contributed by atoms with Gasteiger partial charge in [0.2, 0.25) is 0 Å². The highest BCUT2D eigenvalue weighted by Gasteiger charge is 2.07. The highest BCUT2D eigenvalue weighted by Crippen LogP contribution is 2.10. The van der Waals surface area contributed by atoms with E-state index in [2.05, 4.69) is 9.88 Å². The molecule has 1 aromatic heterocycles. The molecule has 1 rings (SSSR count). The highest BCUT2D eigenvalue weighted by molar-refractivity contribution is 6.30. The Hall–Kier alpha value is -0.680. The number of halogens is 1. The lowest BCUT2D eigenvalue weighted by atomic mass is 10.3. The second kappa shape index (κ2) is 9.28. The molecule has 102 valence electrons. The van der Waals surface area contributed by atoms with Gasteiger partial charge in [-0.3, -0.25) is 9.88 Å². The number of hydrogen-bond acceptors (Lipinski definition) is 4. The van der Waals surface area contributed by atoms with Crippen LogP contribution in [0.4, 0.5) is 0 Å². The van der Waals surface area contributed by atoms with Gasteiger partial charge in [-0.15, -0.1) is 0 Å². The van der Waals surface area contributed by atoms with Crippen molar-refractivity contribution in [3.05, 3.63) is 29.0 Å². The van der Waals surface area contributed by atoms with E-state index in [0.717, 1.165) is 43.4 Å². The largest absolute Gasteiger partial charge is 0.385 e. The Morgan fingerprint density at radius 3 is 2.67 bits per heavy atom. The van der Waals surface area contributed by atoms with E-state index in [1.165, 1.54) is 0 Å². The summed E-state index contributed by atoms with van der Waals surface area (Å²) in [7, 11) is 3.43. The Morgan fingerprint density at radius 2 is 2.00 bits per heavy atom. The van der Waals surface area contributed by atoms with Gasteiger partial charge in [-0.05, 0) is 18.6 Å². The molecule has 0 fully saturated rings. The van der Waals surface area contributed by atoms with Crippen LogP contribution in [0.3, 0.4) is 0 Å². The molecule has 0 bridgehead atoms. The number of ether oxygens (including phenoxy) is 2. The van der Waals surface area contributed by atoms with Gasteiger partial charge in [0, 0.05) is 51.7 Å². The van der Waals surface area contributed by atoms with Gasteiger partial charge in [-0.25, -0.2) is 0 Å². The van der Waals surface area contributed by atoms with Crippen molar-refractivity contribution in [1.29, 1.82) is 0 Å². The molecule has 0 aromatic carbocycles. The lowest BCUT2D eigenvalue weighted by Crippen LogP contribution is -2.29. The smallest absolute Gasteiger partial charge is 0.0589 e. The van der Waals surface area contributed by atoms with Crippen molar-refractivity contribution < 1.29 is 9.47 Å². The van der Waals surface area contributed by atoms with Crippen LogP contribution in [-0.2, 0) is 16.0 Å². The van der Waals surface area contributed by atoms with E-state index in [4.69, 9.17) is 21.1 Å². The SMILES string of the molecule is COCCCN(CCOC)Cc1cc(Cl)ccn1. The minimum Gasteiger partial charge on any atom is -0.385 e. The maximum absolute atomic E-state index is 5.96. The minimum absolute atomic E-state index is 0.716. The van der Waals surface area contributed by atoms with E-state index in [1.54, 1.807) is 26.5 Å². The molecule has 1 aromatic rings. The van der Waals surface area contributed by atoms with Crippen LogP contribution in [0.2, 0.25) is 5.02 Å². The standard InChI is InChI=1S/C13H21ClN2O2/c1-17-8-3-6-16(7-9-18-2)11-13-10-12(14)4-5-15-13/h4-5,10H,3,6-9,11H2,1-2H3. The van der Waals surface area contributed by atoms with E-state index in [0.29, 0.717) is 6.61 Å². The molecule has 0 unspecified atom stereocenters. The summed E-state index contributed by atoms with van der Waals surface area (Å²) >= 11 is 5.96.